The van der Waals surface area contributed by atoms with E-state index in [1.165, 1.54) is 6.08 Å². The molecule has 1 fully saturated rings. The minimum Gasteiger partial charge on any atom is -0.445 e. The molecule has 6 heteroatoms. The van der Waals surface area contributed by atoms with Gasteiger partial charge in [-0.1, -0.05) is 24.7 Å². The van der Waals surface area contributed by atoms with Gasteiger partial charge in [-0.05, 0) is 11.4 Å². The van der Waals surface area contributed by atoms with Crippen molar-refractivity contribution in [3.05, 3.63) is 23.1 Å². The van der Waals surface area contributed by atoms with Gasteiger partial charge < -0.3 is 9.64 Å². The number of rotatable bonds is 3. The monoisotopic (exact) mass is 210 g/mol. The lowest BCUT2D eigenvalue weighted by molar-refractivity contribution is 0.120. The topological polar surface area (TPSA) is 78.3 Å². The van der Waals surface area contributed by atoms with Crippen molar-refractivity contribution in [3.63, 3.8) is 0 Å². The predicted molar refractivity (Wildman–Crippen MR) is 55.2 cm³/mol. The van der Waals surface area contributed by atoms with Gasteiger partial charge in [0.25, 0.3) is 0 Å². The van der Waals surface area contributed by atoms with Gasteiger partial charge in [0.2, 0.25) is 0 Å². The number of likely N-dealkylation sites (tertiary alicyclic amines) is 1. The second-order valence-corrected chi connectivity index (χ2v) is 3.52. The van der Waals surface area contributed by atoms with Crippen molar-refractivity contribution in [2.24, 2.45) is 11.0 Å². The van der Waals surface area contributed by atoms with Crippen molar-refractivity contribution in [2.75, 3.05) is 19.7 Å². The number of ether oxygens (including phenoxy) is 1. The van der Waals surface area contributed by atoms with Crippen LogP contribution in [-0.2, 0) is 4.74 Å². The Hall–Kier alpha value is -1.68. The average Bonchev–Trinajstić information content (AvgIpc) is 2.58. The van der Waals surface area contributed by atoms with Crippen LogP contribution in [0.4, 0.5) is 4.79 Å². The van der Waals surface area contributed by atoms with Crippen LogP contribution in [-0.4, -0.2) is 36.7 Å². The summed E-state index contributed by atoms with van der Waals surface area (Å²) >= 11 is 0. The molecule has 0 aromatic heterocycles. The first kappa shape index (κ1) is 11.4. The molecule has 0 unspecified atom stereocenters. The minimum atomic E-state index is -0.377. The Labute approximate surface area is 88.1 Å². The van der Waals surface area contributed by atoms with E-state index in [0.29, 0.717) is 13.1 Å². The zero-order chi connectivity index (χ0) is 11.3. The minimum absolute atomic E-state index is 0.147. The molecule has 1 amide bonds. The van der Waals surface area contributed by atoms with E-state index in [2.05, 4.69) is 16.6 Å². The third-order valence-corrected chi connectivity index (χ3v) is 2.36. The van der Waals surface area contributed by atoms with Gasteiger partial charge in [-0.3, -0.25) is 0 Å². The molecule has 0 spiro atoms. The summed E-state index contributed by atoms with van der Waals surface area (Å²) in [5.74, 6) is 0.178. The molecule has 0 bridgehead atoms. The van der Waals surface area contributed by atoms with Crippen LogP contribution in [0.3, 0.4) is 0 Å². The average molecular weight is 210 g/mol. The highest BCUT2D eigenvalue weighted by Gasteiger charge is 2.32. The van der Waals surface area contributed by atoms with Gasteiger partial charge in [0.15, 0.2) is 0 Å². The van der Waals surface area contributed by atoms with E-state index in [0.717, 1.165) is 0 Å². The summed E-state index contributed by atoms with van der Waals surface area (Å²) in [4.78, 5) is 15.7. The van der Waals surface area contributed by atoms with Crippen LogP contribution in [0.2, 0.25) is 0 Å². The quantitative estimate of drug-likeness (QED) is 0.309. The molecule has 82 valence electrons. The maximum absolute atomic E-state index is 11.4. The number of azide groups is 1. The zero-order valence-electron chi connectivity index (χ0n) is 8.67. The molecule has 1 heterocycles. The van der Waals surface area contributed by atoms with Crippen LogP contribution in [0, 0.1) is 5.92 Å². The van der Waals surface area contributed by atoms with Crippen LogP contribution in [0.5, 0.6) is 0 Å². The molecule has 0 saturated carbocycles. The smallest absolute Gasteiger partial charge is 0.410 e. The predicted octanol–water partition coefficient (Wildman–Crippen LogP) is 1.94. The summed E-state index contributed by atoms with van der Waals surface area (Å²) in [6, 6.07) is -0.147. The summed E-state index contributed by atoms with van der Waals surface area (Å²) in [6.45, 7) is 6.61. The van der Waals surface area contributed by atoms with Crippen molar-refractivity contribution < 1.29 is 9.53 Å². The number of amides is 1. The summed E-state index contributed by atoms with van der Waals surface area (Å²) in [5.41, 5.74) is 8.32. The lowest BCUT2D eigenvalue weighted by atomic mass is 10.1. The first-order valence-corrected chi connectivity index (χ1v) is 4.75. The van der Waals surface area contributed by atoms with Gasteiger partial charge >= 0.3 is 6.09 Å². The second kappa shape index (κ2) is 5.26. The Kier molecular flexibility index (Phi) is 4.00. The van der Waals surface area contributed by atoms with Crippen molar-refractivity contribution in [3.8, 4) is 0 Å². The largest absolute Gasteiger partial charge is 0.445 e. The third-order valence-electron chi connectivity index (χ3n) is 2.36. The third kappa shape index (κ3) is 2.89. The summed E-state index contributed by atoms with van der Waals surface area (Å²) in [6.07, 6.45) is 1.14. The highest BCUT2D eigenvalue weighted by atomic mass is 16.6. The molecule has 0 aromatic carbocycles. The van der Waals surface area contributed by atoms with Gasteiger partial charge in [0.1, 0.15) is 6.61 Å². The SMILES string of the molecule is C=CCOC(=O)N1C[C@@H](C)[C@H](N=[N+]=[N-])C1. The zero-order valence-corrected chi connectivity index (χ0v) is 8.67. The molecule has 1 saturated heterocycles. The standard InChI is InChI=1S/C9H14N4O2/c1-3-4-15-9(14)13-5-7(2)8(6-13)11-12-10/h3,7-8H,1,4-6H2,2H3/t7-,8-/m1/s1. The molecule has 1 aliphatic heterocycles. The fourth-order valence-electron chi connectivity index (χ4n) is 1.54. The Morgan fingerprint density at radius 2 is 2.53 bits per heavy atom. The molecule has 0 radical (unpaired) electrons. The Balaban J connectivity index is 2.49. The number of hydrogen-bond donors (Lipinski definition) is 0. The highest BCUT2D eigenvalue weighted by molar-refractivity contribution is 5.68. The molecule has 15 heavy (non-hydrogen) atoms. The Morgan fingerprint density at radius 3 is 3.13 bits per heavy atom. The Morgan fingerprint density at radius 1 is 1.80 bits per heavy atom. The van der Waals surface area contributed by atoms with E-state index in [1.807, 2.05) is 6.92 Å². The summed E-state index contributed by atoms with van der Waals surface area (Å²) in [5, 5.41) is 3.63. The number of carbonyl (C=O) groups is 1. The Bertz CT molecular complexity index is 298. The summed E-state index contributed by atoms with van der Waals surface area (Å²) < 4.78 is 4.88. The number of hydrogen-bond acceptors (Lipinski definition) is 3. The van der Waals surface area contributed by atoms with Crippen LogP contribution in [0.25, 0.3) is 10.4 Å². The number of nitrogens with zero attached hydrogens (tertiary/aromatic N) is 4. The van der Waals surface area contributed by atoms with Crippen molar-refractivity contribution >= 4 is 6.09 Å². The van der Waals surface area contributed by atoms with Gasteiger partial charge in [0, 0.05) is 18.0 Å². The molecule has 0 aromatic rings. The lowest BCUT2D eigenvalue weighted by Crippen LogP contribution is -2.30. The molecule has 6 nitrogen and oxygen atoms in total. The highest BCUT2D eigenvalue weighted by Crippen LogP contribution is 2.20. The summed E-state index contributed by atoms with van der Waals surface area (Å²) in [7, 11) is 0. The molecule has 1 aliphatic rings. The van der Waals surface area contributed by atoms with Gasteiger partial charge in [-0.2, -0.15) is 0 Å². The molecule has 2 atom stereocenters. The normalized spacial score (nSPS) is 24.5. The number of carbonyl (C=O) groups excluding carboxylic acids is 1. The molecule has 0 aliphatic carbocycles. The van der Waals surface area contributed by atoms with Crippen molar-refractivity contribution in [2.45, 2.75) is 13.0 Å². The van der Waals surface area contributed by atoms with Gasteiger partial charge in [-0.15, -0.1) is 0 Å². The van der Waals surface area contributed by atoms with Gasteiger partial charge in [-0.25, -0.2) is 4.79 Å². The fraction of sp³-hybridized carbons (Fsp3) is 0.667. The van der Waals surface area contributed by atoms with Crippen LogP contribution in [0.15, 0.2) is 17.8 Å². The molecule has 1 rings (SSSR count). The van der Waals surface area contributed by atoms with Crippen LogP contribution < -0.4 is 0 Å². The fourth-order valence-corrected chi connectivity index (χ4v) is 1.54. The van der Waals surface area contributed by atoms with E-state index >= 15 is 0 Å². The maximum Gasteiger partial charge on any atom is 0.410 e. The molecular weight excluding hydrogens is 196 g/mol. The first-order valence-electron chi connectivity index (χ1n) is 4.75. The van der Waals surface area contributed by atoms with E-state index in [4.69, 9.17) is 10.3 Å². The van der Waals surface area contributed by atoms with Crippen molar-refractivity contribution in [1.29, 1.82) is 0 Å². The van der Waals surface area contributed by atoms with Crippen LogP contribution >= 0.6 is 0 Å². The lowest BCUT2D eigenvalue weighted by Gasteiger charge is -2.14. The first-order chi connectivity index (χ1) is 7.19. The van der Waals surface area contributed by atoms with E-state index in [9.17, 15) is 4.79 Å². The van der Waals surface area contributed by atoms with Crippen molar-refractivity contribution in [1.82, 2.24) is 4.90 Å². The van der Waals surface area contributed by atoms with E-state index in [1.54, 1.807) is 4.90 Å². The molecule has 0 N–H and O–H groups in total. The maximum atomic E-state index is 11.4. The van der Waals surface area contributed by atoms with Gasteiger partial charge in [0.05, 0.1) is 6.04 Å². The molecular formula is C9H14N4O2. The van der Waals surface area contributed by atoms with E-state index < -0.39 is 0 Å². The van der Waals surface area contributed by atoms with E-state index in [-0.39, 0.29) is 24.7 Å². The second-order valence-electron chi connectivity index (χ2n) is 3.52. The van der Waals surface area contributed by atoms with Crippen LogP contribution in [0.1, 0.15) is 6.92 Å².